The molecule has 2 aromatic rings. The molecule has 1 fully saturated rings. The summed E-state index contributed by atoms with van der Waals surface area (Å²) >= 11 is 1.46. The van der Waals surface area contributed by atoms with E-state index >= 15 is 0 Å². The summed E-state index contributed by atoms with van der Waals surface area (Å²) in [5.74, 6) is -0.345. The predicted molar refractivity (Wildman–Crippen MR) is 91.5 cm³/mol. The molecule has 23 heavy (non-hydrogen) atoms. The van der Waals surface area contributed by atoms with E-state index in [1.54, 1.807) is 16.3 Å². The van der Waals surface area contributed by atoms with Gasteiger partial charge in [-0.25, -0.2) is 9.37 Å². The minimum absolute atomic E-state index is 0. The van der Waals surface area contributed by atoms with Crippen LogP contribution in [0.15, 0.2) is 29.6 Å². The van der Waals surface area contributed by atoms with Crippen molar-refractivity contribution in [3.8, 4) is 0 Å². The summed E-state index contributed by atoms with van der Waals surface area (Å²) in [6, 6.07) is 6.43. The standard InChI is InChI=1S/C16H18FN3OS.ClH/c17-12-4-1-3-11(9-12)14-5-2-8-20(14)16(21)13-10-22-15(19-13)6-7-18;/h1,3-4,9-10,14H,2,5-8,18H2;1H. The van der Waals surface area contributed by atoms with Crippen LogP contribution in [0.25, 0.3) is 0 Å². The van der Waals surface area contributed by atoms with Crippen molar-refractivity contribution in [2.24, 2.45) is 5.73 Å². The number of benzene rings is 1. The van der Waals surface area contributed by atoms with Crippen molar-refractivity contribution in [2.75, 3.05) is 13.1 Å². The SMILES string of the molecule is Cl.NCCc1nc(C(=O)N2CCCC2c2cccc(F)c2)cs1. The van der Waals surface area contributed by atoms with Gasteiger partial charge >= 0.3 is 0 Å². The Morgan fingerprint density at radius 1 is 1.48 bits per heavy atom. The third-order valence-corrected chi connectivity index (χ3v) is 4.78. The number of carbonyl (C=O) groups excluding carboxylic acids is 1. The number of carbonyl (C=O) groups is 1. The Morgan fingerprint density at radius 3 is 3.04 bits per heavy atom. The van der Waals surface area contributed by atoms with Crippen molar-refractivity contribution in [1.29, 1.82) is 0 Å². The van der Waals surface area contributed by atoms with E-state index in [0.717, 1.165) is 23.4 Å². The van der Waals surface area contributed by atoms with Gasteiger partial charge in [0.15, 0.2) is 0 Å². The highest BCUT2D eigenvalue weighted by molar-refractivity contribution is 7.09. The second-order valence-electron chi connectivity index (χ2n) is 5.38. The van der Waals surface area contributed by atoms with Gasteiger partial charge in [-0.1, -0.05) is 12.1 Å². The molecule has 124 valence electrons. The monoisotopic (exact) mass is 355 g/mol. The molecule has 7 heteroatoms. The zero-order valence-electron chi connectivity index (χ0n) is 12.6. The van der Waals surface area contributed by atoms with Crippen molar-refractivity contribution in [1.82, 2.24) is 9.88 Å². The average molecular weight is 356 g/mol. The molecule has 1 aromatic heterocycles. The topological polar surface area (TPSA) is 59.2 Å². The summed E-state index contributed by atoms with van der Waals surface area (Å²) in [7, 11) is 0. The lowest BCUT2D eigenvalue weighted by atomic mass is 10.0. The van der Waals surface area contributed by atoms with Gasteiger partial charge in [-0.2, -0.15) is 0 Å². The van der Waals surface area contributed by atoms with Crippen LogP contribution >= 0.6 is 23.7 Å². The number of hydrogen-bond acceptors (Lipinski definition) is 4. The van der Waals surface area contributed by atoms with Crippen molar-refractivity contribution in [2.45, 2.75) is 25.3 Å². The lowest BCUT2D eigenvalue weighted by Crippen LogP contribution is -2.30. The fourth-order valence-electron chi connectivity index (χ4n) is 2.86. The van der Waals surface area contributed by atoms with E-state index in [0.29, 0.717) is 25.2 Å². The summed E-state index contributed by atoms with van der Waals surface area (Å²) in [6.45, 7) is 1.21. The molecule has 1 aliphatic heterocycles. The number of nitrogens with two attached hydrogens (primary N) is 1. The van der Waals surface area contributed by atoms with Gasteiger partial charge in [0.25, 0.3) is 5.91 Å². The van der Waals surface area contributed by atoms with E-state index in [2.05, 4.69) is 4.98 Å². The second-order valence-corrected chi connectivity index (χ2v) is 6.32. The Labute approximate surface area is 144 Å². The highest BCUT2D eigenvalue weighted by Gasteiger charge is 2.31. The Kier molecular flexibility index (Phi) is 6.10. The molecule has 1 saturated heterocycles. The smallest absolute Gasteiger partial charge is 0.273 e. The highest BCUT2D eigenvalue weighted by atomic mass is 35.5. The second kappa shape index (κ2) is 7.86. The predicted octanol–water partition coefficient (Wildman–Crippen LogP) is 3.18. The van der Waals surface area contributed by atoms with Crippen LogP contribution in [0.2, 0.25) is 0 Å². The maximum absolute atomic E-state index is 13.4. The number of aromatic nitrogens is 1. The highest BCUT2D eigenvalue weighted by Crippen LogP contribution is 2.33. The summed E-state index contributed by atoms with van der Waals surface area (Å²) in [6.07, 6.45) is 2.47. The first-order valence-corrected chi connectivity index (χ1v) is 8.28. The maximum Gasteiger partial charge on any atom is 0.273 e. The summed E-state index contributed by atoms with van der Waals surface area (Å²) in [4.78, 5) is 18.8. The Bertz CT molecular complexity index is 679. The molecule has 1 atom stereocenters. The molecular formula is C16H19ClFN3OS. The zero-order chi connectivity index (χ0) is 15.5. The van der Waals surface area contributed by atoms with Crippen molar-refractivity contribution < 1.29 is 9.18 Å². The third-order valence-electron chi connectivity index (χ3n) is 3.88. The molecule has 1 amide bonds. The Hall–Kier alpha value is -1.50. The fraction of sp³-hybridized carbons (Fsp3) is 0.375. The molecular weight excluding hydrogens is 337 g/mol. The number of halogens is 2. The van der Waals surface area contributed by atoms with E-state index in [9.17, 15) is 9.18 Å². The van der Waals surface area contributed by atoms with Crippen LogP contribution in [0.1, 0.15) is 39.9 Å². The van der Waals surface area contributed by atoms with Gasteiger partial charge in [0.1, 0.15) is 11.5 Å². The molecule has 1 unspecified atom stereocenters. The van der Waals surface area contributed by atoms with Gasteiger partial charge in [0, 0.05) is 18.3 Å². The minimum Gasteiger partial charge on any atom is -0.330 e. The number of thiazole rings is 1. The van der Waals surface area contributed by atoms with Crippen molar-refractivity contribution in [3.05, 3.63) is 51.7 Å². The number of nitrogens with zero attached hydrogens (tertiary/aromatic N) is 2. The van der Waals surface area contributed by atoms with Gasteiger partial charge in [0.05, 0.1) is 11.0 Å². The van der Waals surface area contributed by atoms with Crippen LogP contribution in [0.3, 0.4) is 0 Å². The van der Waals surface area contributed by atoms with Crippen LogP contribution in [0, 0.1) is 5.82 Å². The molecule has 2 N–H and O–H groups in total. The summed E-state index contributed by atoms with van der Waals surface area (Å²) in [5.41, 5.74) is 6.84. The molecule has 2 heterocycles. The first kappa shape index (κ1) is 17.8. The lowest BCUT2D eigenvalue weighted by Gasteiger charge is -2.24. The number of amides is 1. The molecule has 1 aliphatic rings. The Morgan fingerprint density at radius 2 is 2.30 bits per heavy atom. The Balaban J connectivity index is 0.00000192. The molecule has 1 aromatic carbocycles. The number of hydrogen-bond donors (Lipinski definition) is 1. The van der Waals surface area contributed by atoms with E-state index in [1.807, 2.05) is 6.07 Å². The molecule has 0 saturated carbocycles. The molecule has 0 bridgehead atoms. The number of likely N-dealkylation sites (tertiary alicyclic amines) is 1. The fourth-order valence-corrected chi connectivity index (χ4v) is 3.65. The summed E-state index contributed by atoms with van der Waals surface area (Å²) in [5, 5.41) is 2.67. The van der Waals surface area contributed by atoms with Crippen LogP contribution in [-0.2, 0) is 6.42 Å². The molecule has 4 nitrogen and oxygen atoms in total. The molecule has 3 rings (SSSR count). The van der Waals surface area contributed by atoms with E-state index < -0.39 is 0 Å². The van der Waals surface area contributed by atoms with E-state index in [1.165, 1.54) is 23.5 Å². The van der Waals surface area contributed by atoms with Crippen LogP contribution < -0.4 is 5.73 Å². The van der Waals surface area contributed by atoms with Crippen LogP contribution in [0.4, 0.5) is 4.39 Å². The molecule has 0 aliphatic carbocycles. The maximum atomic E-state index is 13.4. The minimum atomic E-state index is -0.268. The van der Waals surface area contributed by atoms with Gasteiger partial charge in [-0.05, 0) is 37.1 Å². The average Bonchev–Trinajstić information content (AvgIpc) is 3.16. The quantitative estimate of drug-likeness (QED) is 0.916. The van der Waals surface area contributed by atoms with E-state index in [4.69, 9.17) is 5.73 Å². The largest absolute Gasteiger partial charge is 0.330 e. The van der Waals surface area contributed by atoms with Gasteiger partial charge in [0.2, 0.25) is 0 Å². The zero-order valence-corrected chi connectivity index (χ0v) is 14.2. The first-order chi connectivity index (χ1) is 10.7. The van der Waals surface area contributed by atoms with Crippen molar-refractivity contribution in [3.63, 3.8) is 0 Å². The number of rotatable bonds is 4. The van der Waals surface area contributed by atoms with Gasteiger partial charge < -0.3 is 10.6 Å². The van der Waals surface area contributed by atoms with Crippen LogP contribution in [-0.4, -0.2) is 28.9 Å². The van der Waals surface area contributed by atoms with Crippen molar-refractivity contribution >= 4 is 29.7 Å². The molecule has 0 spiro atoms. The lowest BCUT2D eigenvalue weighted by molar-refractivity contribution is 0.0730. The van der Waals surface area contributed by atoms with E-state index in [-0.39, 0.29) is 30.2 Å². The third kappa shape index (κ3) is 3.88. The molecule has 0 radical (unpaired) electrons. The van der Waals surface area contributed by atoms with Gasteiger partial charge in [-0.3, -0.25) is 4.79 Å². The normalized spacial score (nSPS) is 17.1. The van der Waals surface area contributed by atoms with Gasteiger partial charge in [-0.15, -0.1) is 23.7 Å². The first-order valence-electron chi connectivity index (χ1n) is 7.40. The van der Waals surface area contributed by atoms with Crippen LogP contribution in [0.5, 0.6) is 0 Å². The summed E-state index contributed by atoms with van der Waals surface area (Å²) < 4.78 is 13.4.